The van der Waals surface area contributed by atoms with E-state index in [0.29, 0.717) is 0 Å². The Morgan fingerprint density at radius 2 is 2.47 bits per heavy atom. The molecule has 1 aromatic heterocycles. The number of thioether (sulfide) groups is 1. The Balaban J connectivity index is 1.77. The lowest BCUT2D eigenvalue weighted by atomic mass is 10.2. The molecule has 2 heterocycles. The van der Waals surface area contributed by atoms with Gasteiger partial charge in [-0.2, -0.15) is 5.10 Å². The smallest absolute Gasteiger partial charge is 0.242 e. The van der Waals surface area contributed by atoms with Crippen LogP contribution in [0.15, 0.2) is 24.4 Å². The molecule has 1 saturated heterocycles. The molecule has 1 aromatic carbocycles. The lowest BCUT2D eigenvalue weighted by molar-refractivity contribution is -0.117. The van der Waals surface area contributed by atoms with Crippen molar-refractivity contribution >= 4 is 34.3 Å². The summed E-state index contributed by atoms with van der Waals surface area (Å²) in [7, 11) is 0. The van der Waals surface area contributed by atoms with Crippen molar-refractivity contribution in [1.29, 1.82) is 0 Å². The molecule has 0 radical (unpaired) electrons. The monoisotopic (exact) mass is 248 g/mol. The number of aromatic amines is 1. The van der Waals surface area contributed by atoms with Gasteiger partial charge in [-0.15, -0.1) is 11.8 Å². The van der Waals surface area contributed by atoms with Crippen LogP contribution >= 0.6 is 11.8 Å². The Bertz CT molecular complexity index is 547. The molecule has 1 unspecified atom stereocenters. The van der Waals surface area contributed by atoms with Crippen LogP contribution in [0, 0.1) is 0 Å². The van der Waals surface area contributed by atoms with Crippen LogP contribution in [-0.2, 0) is 4.79 Å². The Labute approximate surface area is 102 Å². The first-order chi connectivity index (χ1) is 8.33. The molecule has 6 heteroatoms. The summed E-state index contributed by atoms with van der Waals surface area (Å²) in [5.41, 5.74) is 1.78. The maximum atomic E-state index is 11.9. The SMILES string of the molecule is O=C(Nc1ccc2[nH]ncc2c1)C1CSCN1. The summed E-state index contributed by atoms with van der Waals surface area (Å²) < 4.78 is 0. The van der Waals surface area contributed by atoms with Gasteiger partial charge in [-0.25, -0.2) is 0 Å². The van der Waals surface area contributed by atoms with Gasteiger partial charge in [-0.1, -0.05) is 0 Å². The third-order valence-corrected chi connectivity index (χ3v) is 3.68. The molecular formula is C11H12N4OS. The van der Waals surface area contributed by atoms with Crippen molar-refractivity contribution < 1.29 is 4.79 Å². The minimum Gasteiger partial charge on any atom is -0.325 e. The predicted molar refractivity (Wildman–Crippen MR) is 69.0 cm³/mol. The zero-order chi connectivity index (χ0) is 11.7. The fraction of sp³-hybridized carbons (Fsp3) is 0.273. The molecule has 17 heavy (non-hydrogen) atoms. The van der Waals surface area contributed by atoms with Crippen molar-refractivity contribution in [2.45, 2.75) is 6.04 Å². The fourth-order valence-electron chi connectivity index (χ4n) is 1.81. The highest BCUT2D eigenvalue weighted by atomic mass is 32.2. The normalized spacial score (nSPS) is 19.6. The molecule has 0 saturated carbocycles. The molecule has 1 atom stereocenters. The third kappa shape index (κ3) is 2.13. The molecule has 0 spiro atoms. The number of benzene rings is 1. The maximum Gasteiger partial charge on any atom is 0.242 e. The molecule has 3 N–H and O–H groups in total. The van der Waals surface area contributed by atoms with Crippen molar-refractivity contribution in [3.63, 3.8) is 0 Å². The molecule has 88 valence electrons. The Morgan fingerprint density at radius 3 is 3.29 bits per heavy atom. The van der Waals surface area contributed by atoms with Gasteiger partial charge >= 0.3 is 0 Å². The number of H-pyrrole nitrogens is 1. The topological polar surface area (TPSA) is 69.8 Å². The summed E-state index contributed by atoms with van der Waals surface area (Å²) in [6, 6.07) is 5.62. The van der Waals surface area contributed by atoms with Crippen LogP contribution in [0.5, 0.6) is 0 Å². The standard InChI is InChI=1S/C11H12N4OS/c16-11(10-5-17-6-12-10)14-8-1-2-9-7(3-8)4-13-15-9/h1-4,10,12H,5-6H2,(H,13,15)(H,14,16). The van der Waals surface area contributed by atoms with Gasteiger partial charge in [0.2, 0.25) is 5.91 Å². The molecule has 0 bridgehead atoms. The molecule has 1 fully saturated rings. The van der Waals surface area contributed by atoms with E-state index < -0.39 is 0 Å². The third-order valence-electron chi connectivity index (χ3n) is 2.74. The highest BCUT2D eigenvalue weighted by Crippen LogP contribution is 2.18. The van der Waals surface area contributed by atoms with Crippen molar-refractivity contribution in [2.75, 3.05) is 16.9 Å². The van der Waals surface area contributed by atoms with Crippen LogP contribution in [0.4, 0.5) is 5.69 Å². The first-order valence-electron chi connectivity index (χ1n) is 5.38. The molecule has 2 aromatic rings. The Hall–Kier alpha value is -1.53. The first kappa shape index (κ1) is 10.6. The van der Waals surface area contributed by atoms with E-state index >= 15 is 0 Å². The number of carbonyl (C=O) groups is 1. The van der Waals surface area contributed by atoms with E-state index in [4.69, 9.17) is 0 Å². The first-order valence-corrected chi connectivity index (χ1v) is 6.53. The van der Waals surface area contributed by atoms with Crippen molar-refractivity contribution in [2.24, 2.45) is 0 Å². The molecule has 1 aliphatic heterocycles. The van der Waals surface area contributed by atoms with E-state index in [1.54, 1.807) is 18.0 Å². The second kappa shape index (κ2) is 4.38. The highest BCUT2D eigenvalue weighted by Gasteiger charge is 2.22. The van der Waals surface area contributed by atoms with Crippen molar-refractivity contribution in [3.05, 3.63) is 24.4 Å². The van der Waals surface area contributed by atoms with Gasteiger partial charge in [-0.3, -0.25) is 15.2 Å². The van der Waals surface area contributed by atoms with Crippen LogP contribution in [0.1, 0.15) is 0 Å². The zero-order valence-corrected chi connectivity index (χ0v) is 9.88. The molecule has 0 aliphatic carbocycles. The van der Waals surface area contributed by atoms with Crippen LogP contribution in [-0.4, -0.2) is 33.8 Å². The van der Waals surface area contributed by atoms with Gasteiger partial charge in [-0.05, 0) is 18.2 Å². The lowest BCUT2D eigenvalue weighted by Crippen LogP contribution is -2.37. The Morgan fingerprint density at radius 1 is 1.53 bits per heavy atom. The minimum absolute atomic E-state index is 0.0258. The number of fused-ring (bicyclic) bond motifs is 1. The second-order valence-electron chi connectivity index (χ2n) is 3.93. The number of nitrogens with one attached hydrogen (secondary N) is 3. The van der Waals surface area contributed by atoms with E-state index in [-0.39, 0.29) is 11.9 Å². The summed E-state index contributed by atoms with van der Waals surface area (Å²) in [5, 5.41) is 13.9. The number of hydrogen-bond acceptors (Lipinski definition) is 4. The van der Waals surface area contributed by atoms with E-state index in [0.717, 1.165) is 28.2 Å². The van der Waals surface area contributed by atoms with E-state index in [1.807, 2.05) is 18.2 Å². The molecule has 3 rings (SSSR count). The van der Waals surface area contributed by atoms with Gasteiger partial charge in [0.25, 0.3) is 0 Å². The van der Waals surface area contributed by atoms with E-state index in [1.165, 1.54) is 0 Å². The van der Waals surface area contributed by atoms with E-state index in [9.17, 15) is 4.79 Å². The van der Waals surface area contributed by atoms with Crippen LogP contribution < -0.4 is 10.6 Å². The van der Waals surface area contributed by atoms with Gasteiger partial charge < -0.3 is 5.32 Å². The maximum absolute atomic E-state index is 11.9. The summed E-state index contributed by atoms with van der Waals surface area (Å²) >= 11 is 1.74. The van der Waals surface area contributed by atoms with Gasteiger partial charge in [0.1, 0.15) is 0 Å². The number of carbonyl (C=O) groups excluding carboxylic acids is 1. The average molecular weight is 248 g/mol. The average Bonchev–Trinajstić information content (AvgIpc) is 2.99. The summed E-state index contributed by atoms with van der Waals surface area (Å²) in [4.78, 5) is 11.9. The van der Waals surface area contributed by atoms with Gasteiger partial charge in [0.05, 0.1) is 17.8 Å². The number of rotatable bonds is 2. The van der Waals surface area contributed by atoms with Crippen LogP contribution in [0.3, 0.4) is 0 Å². The van der Waals surface area contributed by atoms with Gasteiger partial charge in [0, 0.05) is 22.7 Å². The van der Waals surface area contributed by atoms with Crippen molar-refractivity contribution in [1.82, 2.24) is 15.5 Å². The minimum atomic E-state index is -0.0833. The molecule has 1 aliphatic rings. The number of hydrogen-bond donors (Lipinski definition) is 3. The van der Waals surface area contributed by atoms with Gasteiger partial charge in [0.15, 0.2) is 0 Å². The van der Waals surface area contributed by atoms with Crippen LogP contribution in [0.25, 0.3) is 10.9 Å². The van der Waals surface area contributed by atoms with Crippen LogP contribution in [0.2, 0.25) is 0 Å². The summed E-state index contributed by atoms with van der Waals surface area (Å²) in [6.07, 6.45) is 1.74. The fourth-order valence-corrected chi connectivity index (χ4v) is 2.76. The highest BCUT2D eigenvalue weighted by molar-refractivity contribution is 7.99. The number of anilines is 1. The number of aromatic nitrogens is 2. The molecule has 5 nitrogen and oxygen atoms in total. The number of nitrogens with zero attached hydrogens (tertiary/aromatic N) is 1. The second-order valence-corrected chi connectivity index (χ2v) is 4.96. The lowest BCUT2D eigenvalue weighted by Gasteiger charge is -2.10. The Kier molecular flexibility index (Phi) is 2.74. The quantitative estimate of drug-likeness (QED) is 0.746. The summed E-state index contributed by atoms with van der Waals surface area (Å²) in [6.45, 7) is 0. The predicted octanol–water partition coefficient (Wildman–Crippen LogP) is 1.16. The molecular weight excluding hydrogens is 236 g/mol. The largest absolute Gasteiger partial charge is 0.325 e. The van der Waals surface area contributed by atoms with E-state index in [2.05, 4.69) is 20.8 Å². The number of amides is 1. The summed E-state index contributed by atoms with van der Waals surface area (Å²) in [5.74, 6) is 1.70. The van der Waals surface area contributed by atoms with Crippen molar-refractivity contribution in [3.8, 4) is 0 Å². The molecule has 1 amide bonds. The zero-order valence-electron chi connectivity index (χ0n) is 9.06.